The average Bonchev–Trinajstić information content (AvgIpc) is 2.30. The molecule has 0 amide bonds. The third-order valence-corrected chi connectivity index (χ3v) is 2.87. The van der Waals surface area contributed by atoms with Crippen LogP contribution in [0.25, 0.3) is 0 Å². The van der Waals surface area contributed by atoms with Crippen LogP contribution in [0.3, 0.4) is 0 Å². The Balaban J connectivity index is 2.13. The molecule has 1 aliphatic rings. The van der Waals surface area contributed by atoms with Crippen LogP contribution in [0.15, 0.2) is 17.4 Å². The van der Waals surface area contributed by atoms with Crippen LogP contribution in [0.4, 0.5) is 5.82 Å². The number of thioether (sulfide) groups is 1. The third kappa shape index (κ3) is 2.16. The van der Waals surface area contributed by atoms with E-state index in [1.165, 1.54) is 12.8 Å². The van der Waals surface area contributed by atoms with Gasteiger partial charge in [-0.1, -0.05) is 0 Å². The number of hydrazine groups is 1. The van der Waals surface area contributed by atoms with Crippen molar-refractivity contribution >= 4 is 17.6 Å². The highest BCUT2D eigenvalue weighted by atomic mass is 32.2. The van der Waals surface area contributed by atoms with Gasteiger partial charge in [0.2, 0.25) is 0 Å². The minimum absolute atomic E-state index is 0.976. The fourth-order valence-electron chi connectivity index (χ4n) is 1.47. The molecule has 4 nitrogen and oxygen atoms in total. The first kappa shape index (κ1) is 9.73. The zero-order valence-electron chi connectivity index (χ0n) is 8.23. The van der Waals surface area contributed by atoms with Gasteiger partial charge < -0.3 is 0 Å². The fraction of sp³-hybridized carbons (Fsp3) is 0.556. The molecule has 1 N–H and O–H groups in total. The maximum absolute atomic E-state index is 4.25. The first-order valence-corrected chi connectivity index (χ1v) is 6.00. The number of anilines is 1. The number of nitrogens with one attached hydrogen (secondary N) is 1. The summed E-state index contributed by atoms with van der Waals surface area (Å²) < 4.78 is 0. The molecule has 0 radical (unpaired) electrons. The molecule has 0 aromatic carbocycles. The highest BCUT2D eigenvalue weighted by molar-refractivity contribution is 7.98. The van der Waals surface area contributed by atoms with E-state index in [1.807, 2.05) is 12.3 Å². The van der Waals surface area contributed by atoms with Crippen molar-refractivity contribution in [2.24, 2.45) is 0 Å². The summed E-state index contributed by atoms with van der Waals surface area (Å²) >= 11 is 1.64. The summed E-state index contributed by atoms with van der Waals surface area (Å²) in [6.45, 7) is 2.07. The molecule has 1 aliphatic heterocycles. The maximum Gasteiger partial charge on any atom is 0.147 e. The van der Waals surface area contributed by atoms with E-state index in [1.54, 1.807) is 18.1 Å². The molecule has 5 heteroatoms. The van der Waals surface area contributed by atoms with E-state index in [9.17, 15) is 0 Å². The van der Waals surface area contributed by atoms with Gasteiger partial charge in [0.25, 0.3) is 0 Å². The lowest BCUT2D eigenvalue weighted by atomic mass is 10.2. The molecule has 0 aliphatic carbocycles. The summed E-state index contributed by atoms with van der Waals surface area (Å²) in [4.78, 5) is 8.40. The molecular formula is C9H14N4S. The number of hydrogen-bond acceptors (Lipinski definition) is 5. The summed E-state index contributed by atoms with van der Waals surface area (Å²) in [5, 5.41) is 3.12. The molecule has 2 heterocycles. The highest BCUT2D eigenvalue weighted by Crippen LogP contribution is 2.17. The lowest BCUT2D eigenvalue weighted by Crippen LogP contribution is -2.43. The van der Waals surface area contributed by atoms with Crippen LogP contribution >= 0.6 is 11.8 Å². The summed E-state index contributed by atoms with van der Waals surface area (Å²) in [5.41, 5.74) is 3.32. The van der Waals surface area contributed by atoms with Crippen molar-refractivity contribution in [2.45, 2.75) is 17.9 Å². The van der Waals surface area contributed by atoms with Crippen molar-refractivity contribution in [3.63, 3.8) is 0 Å². The Morgan fingerprint density at radius 2 is 2.36 bits per heavy atom. The second-order valence-electron chi connectivity index (χ2n) is 3.19. The smallest absolute Gasteiger partial charge is 0.147 e. The van der Waals surface area contributed by atoms with Crippen LogP contribution in [-0.4, -0.2) is 29.3 Å². The minimum atomic E-state index is 0.976. The van der Waals surface area contributed by atoms with Gasteiger partial charge in [-0.2, -0.15) is 0 Å². The Hall–Kier alpha value is -0.810. The van der Waals surface area contributed by atoms with E-state index >= 15 is 0 Å². The Morgan fingerprint density at radius 1 is 1.43 bits per heavy atom. The standard InChI is InChI=1S/C9H14N4S/c1-14-9-6-8(10-7-11-9)13-5-3-2-4-12-13/h6-7,12H,2-5H2,1H3. The maximum atomic E-state index is 4.25. The van der Waals surface area contributed by atoms with Crippen molar-refractivity contribution in [1.29, 1.82) is 0 Å². The molecule has 14 heavy (non-hydrogen) atoms. The molecule has 0 saturated carbocycles. The van der Waals surface area contributed by atoms with Crippen molar-refractivity contribution < 1.29 is 0 Å². The fourth-order valence-corrected chi connectivity index (χ4v) is 1.85. The van der Waals surface area contributed by atoms with Crippen LogP contribution in [0.1, 0.15) is 12.8 Å². The highest BCUT2D eigenvalue weighted by Gasteiger charge is 2.11. The van der Waals surface area contributed by atoms with Gasteiger partial charge >= 0.3 is 0 Å². The molecule has 2 rings (SSSR count). The SMILES string of the molecule is CSc1cc(N2CCCCN2)ncn1. The first-order chi connectivity index (χ1) is 6.90. The van der Waals surface area contributed by atoms with Crippen molar-refractivity contribution in [3.8, 4) is 0 Å². The Labute approximate surface area is 88.1 Å². The normalized spacial score (nSPS) is 17.1. The Morgan fingerprint density at radius 3 is 3.07 bits per heavy atom. The van der Waals surface area contributed by atoms with Gasteiger partial charge in [0.1, 0.15) is 17.2 Å². The largest absolute Gasteiger partial charge is 0.292 e. The van der Waals surface area contributed by atoms with E-state index in [0.29, 0.717) is 0 Å². The van der Waals surface area contributed by atoms with Gasteiger partial charge in [-0.05, 0) is 19.1 Å². The molecule has 0 spiro atoms. The summed E-state index contributed by atoms with van der Waals surface area (Å²) in [7, 11) is 0. The molecule has 0 unspecified atom stereocenters. The van der Waals surface area contributed by atoms with Crippen molar-refractivity contribution in [3.05, 3.63) is 12.4 Å². The number of rotatable bonds is 2. The molecule has 76 valence electrons. The van der Waals surface area contributed by atoms with E-state index in [4.69, 9.17) is 0 Å². The predicted octanol–water partition coefficient (Wildman–Crippen LogP) is 1.30. The zero-order valence-corrected chi connectivity index (χ0v) is 9.05. The summed E-state index contributed by atoms with van der Waals surface area (Å²) in [6, 6.07) is 2.02. The molecule has 1 aromatic rings. The molecule has 1 saturated heterocycles. The molecule has 0 atom stereocenters. The Kier molecular flexibility index (Phi) is 3.21. The van der Waals surface area contributed by atoms with Crippen LogP contribution in [0.2, 0.25) is 0 Å². The van der Waals surface area contributed by atoms with Crippen LogP contribution in [0.5, 0.6) is 0 Å². The molecule has 1 fully saturated rings. The van der Waals surface area contributed by atoms with E-state index in [2.05, 4.69) is 20.4 Å². The quantitative estimate of drug-likeness (QED) is 0.588. The topological polar surface area (TPSA) is 41.0 Å². The van der Waals surface area contributed by atoms with Crippen LogP contribution in [0, 0.1) is 0 Å². The monoisotopic (exact) mass is 210 g/mol. The summed E-state index contributed by atoms with van der Waals surface area (Å²) in [5.74, 6) is 0.976. The van der Waals surface area contributed by atoms with Crippen LogP contribution < -0.4 is 10.4 Å². The summed E-state index contributed by atoms with van der Waals surface area (Å²) in [6.07, 6.45) is 6.12. The van der Waals surface area contributed by atoms with Gasteiger partial charge in [0.15, 0.2) is 0 Å². The van der Waals surface area contributed by atoms with Gasteiger partial charge in [0.05, 0.1) is 0 Å². The van der Waals surface area contributed by atoms with E-state index < -0.39 is 0 Å². The molecule has 1 aromatic heterocycles. The van der Waals surface area contributed by atoms with E-state index in [0.717, 1.165) is 23.9 Å². The molecule has 0 bridgehead atoms. The van der Waals surface area contributed by atoms with E-state index in [-0.39, 0.29) is 0 Å². The number of hydrogen-bond donors (Lipinski definition) is 1. The Bertz CT molecular complexity index is 299. The number of aromatic nitrogens is 2. The second-order valence-corrected chi connectivity index (χ2v) is 4.01. The lowest BCUT2D eigenvalue weighted by Gasteiger charge is -2.28. The van der Waals surface area contributed by atoms with Gasteiger partial charge in [-0.25, -0.2) is 15.4 Å². The lowest BCUT2D eigenvalue weighted by molar-refractivity contribution is 0.506. The van der Waals surface area contributed by atoms with Gasteiger partial charge in [-0.3, -0.25) is 5.01 Å². The van der Waals surface area contributed by atoms with Crippen LogP contribution in [-0.2, 0) is 0 Å². The average molecular weight is 210 g/mol. The third-order valence-electron chi connectivity index (χ3n) is 2.22. The molecular weight excluding hydrogens is 196 g/mol. The second kappa shape index (κ2) is 4.61. The zero-order chi connectivity index (χ0) is 9.80. The first-order valence-electron chi connectivity index (χ1n) is 4.77. The minimum Gasteiger partial charge on any atom is -0.292 e. The van der Waals surface area contributed by atoms with Gasteiger partial charge in [-0.15, -0.1) is 11.8 Å². The number of nitrogens with zero attached hydrogens (tertiary/aromatic N) is 3. The van der Waals surface area contributed by atoms with Crippen molar-refractivity contribution in [1.82, 2.24) is 15.4 Å². The van der Waals surface area contributed by atoms with Gasteiger partial charge in [0, 0.05) is 19.2 Å². The predicted molar refractivity (Wildman–Crippen MR) is 58.4 cm³/mol. The van der Waals surface area contributed by atoms with Crippen molar-refractivity contribution in [2.75, 3.05) is 24.4 Å².